The molecule has 3 heterocycles. The van der Waals surface area contributed by atoms with Crippen molar-refractivity contribution in [1.82, 2.24) is 15.3 Å². The van der Waals surface area contributed by atoms with Crippen molar-refractivity contribution in [1.29, 1.82) is 0 Å². The fourth-order valence-corrected chi connectivity index (χ4v) is 3.88. The van der Waals surface area contributed by atoms with Crippen LogP contribution in [-0.2, 0) is 19.5 Å². The predicted octanol–water partition coefficient (Wildman–Crippen LogP) is -4.47. The topological polar surface area (TPSA) is 157 Å². The van der Waals surface area contributed by atoms with Gasteiger partial charge in [0, 0.05) is 12.5 Å². The Morgan fingerprint density at radius 2 is 1.92 bits per heavy atom. The zero-order valence-corrected chi connectivity index (χ0v) is 17.3. The quantitative estimate of drug-likeness (QED) is 0.158. The average Bonchev–Trinajstić information content (AvgIpc) is 2.79. The van der Waals surface area contributed by atoms with Gasteiger partial charge in [-0.05, 0) is 38.8 Å². The zero-order chi connectivity index (χ0) is 18.2. The number of nitrogens with one attached hydrogen (secondary N) is 1. The molecule has 11 nitrogen and oxygen atoms in total. The standard InChI is InChI=1S/C13H21N5O6S.Na/c14-11(16-12(19)8-3-5-15-6-4-8)10-2-1-9-7-17(10)13(20)18(9)24-25(21,22)23;/h8-10,15H,1-7H2,(H2,14,16,19)(H,21,22,23);/q;+1/p-1/t9-,10+;/m1./s1. The van der Waals surface area contributed by atoms with Crippen molar-refractivity contribution in [3.8, 4) is 0 Å². The van der Waals surface area contributed by atoms with E-state index in [0.29, 0.717) is 30.7 Å². The van der Waals surface area contributed by atoms with Gasteiger partial charge in [0.1, 0.15) is 5.84 Å². The summed E-state index contributed by atoms with van der Waals surface area (Å²) in [4.78, 5) is 29.8. The van der Waals surface area contributed by atoms with Crippen LogP contribution in [0.1, 0.15) is 25.7 Å². The molecule has 3 aliphatic rings. The van der Waals surface area contributed by atoms with Gasteiger partial charge in [-0.15, -0.1) is 0 Å². The van der Waals surface area contributed by atoms with Crippen molar-refractivity contribution >= 4 is 28.2 Å². The fourth-order valence-electron chi connectivity index (χ4n) is 3.50. The largest absolute Gasteiger partial charge is 1.00 e. The van der Waals surface area contributed by atoms with Crippen molar-refractivity contribution in [2.24, 2.45) is 16.6 Å². The molecule has 140 valence electrons. The van der Waals surface area contributed by atoms with E-state index in [1.54, 1.807) is 0 Å². The molecule has 3 N–H and O–H groups in total. The third kappa shape index (κ3) is 4.74. The second-order valence-corrected chi connectivity index (χ2v) is 7.36. The number of piperidine rings is 2. The number of aliphatic imine (C=N–C) groups is 1. The smallest absolute Gasteiger partial charge is 0.724 e. The first kappa shape index (κ1) is 21.5. The van der Waals surface area contributed by atoms with Crippen molar-refractivity contribution in [2.45, 2.75) is 37.8 Å². The fraction of sp³-hybridized carbons (Fsp3) is 0.769. The van der Waals surface area contributed by atoms with Crippen LogP contribution < -0.4 is 40.6 Å². The molecule has 13 heteroatoms. The molecule has 3 aliphatic heterocycles. The van der Waals surface area contributed by atoms with E-state index < -0.39 is 28.5 Å². The normalized spacial score (nSPS) is 27.4. The number of amidine groups is 1. The molecule has 3 amide bonds. The van der Waals surface area contributed by atoms with Crippen LogP contribution in [0.3, 0.4) is 0 Å². The maximum atomic E-state index is 12.3. The van der Waals surface area contributed by atoms with Gasteiger partial charge in [0.05, 0.1) is 12.1 Å². The molecule has 3 rings (SSSR count). The first-order valence-electron chi connectivity index (χ1n) is 8.10. The van der Waals surface area contributed by atoms with Crippen molar-refractivity contribution in [3.63, 3.8) is 0 Å². The number of urea groups is 1. The van der Waals surface area contributed by atoms with Gasteiger partial charge < -0.3 is 20.5 Å². The molecule has 0 radical (unpaired) electrons. The summed E-state index contributed by atoms with van der Waals surface area (Å²) in [6, 6.07) is -1.92. The van der Waals surface area contributed by atoms with Gasteiger partial charge in [0.15, 0.2) is 0 Å². The monoisotopic (exact) mass is 397 g/mol. The van der Waals surface area contributed by atoms with Gasteiger partial charge in [-0.25, -0.2) is 13.2 Å². The summed E-state index contributed by atoms with van der Waals surface area (Å²) >= 11 is 0. The third-order valence-corrected chi connectivity index (χ3v) is 5.11. The minimum atomic E-state index is -5.04. The summed E-state index contributed by atoms with van der Waals surface area (Å²) in [5.74, 6) is -0.457. The Labute approximate surface area is 173 Å². The predicted molar refractivity (Wildman–Crippen MR) is 83.8 cm³/mol. The molecule has 0 spiro atoms. The van der Waals surface area contributed by atoms with E-state index in [2.05, 4.69) is 14.6 Å². The molecule has 2 atom stereocenters. The number of carbonyl (C=O) groups excluding carboxylic acids is 2. The number of amides is 3. The average molecular weight is 397 g/mol. The van der Waals surface area contributed by atoms with Crippen LogP contribution >= 0.6 is 0 Å². The molecule has 2 bridgehead atoms. The van der Waals surface area contributed by atoms with Gasteiger partial charge >= 0.3 is 35.6 Å². The summed E-state index contributed by atoms with van der Waals surface area (Å²) in [6.45, 7) is 1.66. The second kappa shape index (κ2) is 8.50. The SMILES string of the molecule is NC(=NC(=O)C1CCNCC1)[C@@H]1CC[C@@H]2CN1C(=O)N2OS(=O)(=O)[O-].[Na+]. The van der Waals surface area contributed by atoms with E-state index in [9.17, 15) is 22.6 Å². The number of nitrogens with zero attached hydrogens (tertiary/aromatic N) is 3. The first-order chi connectivity index (χ1) is 11.8. The Morgan fingerprint density at radius 3 is 2.54 bits per heavy atom. The van der Waals surface area contributed by atoms with E-state index in [1.165, 1.54) is 4.90 Å². The number of hydroxylamine groups is 2. The molecule has 0 unspecified atom stereocenters. The van der Waals surface area contributed by atoms with Crippen molar-refractivity contribution in [3.05, 3.63) is 0 Å². The van der Waals surface area contributed by atoms with E-state index in [4.69, 9.17) is 5.73 Å². The van der Waals surface area contributed by atoms with Gasteiger partial charge in [-0.1, -0.05) is 0 Å². The Morgan fingerprint density at radius 1 is 1.27 bits per heavy atom. The molecule has 0 aromatic rings. The van der Waals surface area contributed by atoms with E-state index in [-0.39, 0.29) is 53.8 Å². The van der Waals surface area contributed by atoms with Crippen molar-refractivity contribution in [2.75, 3.05) is 19.6 Å². The van der Waals surface area contributed by atoms with Crippen LogP contribution in [0.2, 0.25) is 0 Å². The molecule has 0 saturated carbocycles. The molecule has 0 aromatic carbocycles. The maximum Gasteiger partial charge on any atom is 1.00 e. The summed E-state index contributed by atoms with van der Waals surface area (Å²) in [5, 5.41) is 3.73. The zero-order valence-electron chi connectivity index (χ0n) is 14.5. The van der Waals surface area contributed by atoms with Gasteiger partial charge in [-0.2, -0.15) is 14.3 Å². The van der Waals surface area contributed by atoms with Crippen LogP contribution in [-0.4, -0.2) is 72.4 Å². The third-order valence-electron chi connectivity index (χ3n) is 4.76. The molecular formula is C13H20N5NaO6S. The van der Waals surface area contributed by atoms with Gasteiger partial charge in [0.2, 0.25) is 10.4 Å². The van der Waals surface area contributed by atoms with Crippen LogP contribution in [0.5, 0.6) is 0 Å². The number of hydrogen-bond donors (Lipinski definition) is 2. The van der Waals surface area contributed by atoms with Gasteiger partial charge in [-0.3, -0.25) is 4.79 Å². The van der Waals surface area contributed by atoms with E-state index in [0.717, 1.165) is 13.1 Å². The van der Waals surface area contributed by atoms with E-state index in [1.807, 2.05) is 0 Å². The number of carbonyl (C=O) groups is 2. The summed E-state index contributed by atoms with van der Waals surface area (Å²) < 4.78 is 36.5. The Balaban J connectivity index is 0.00000243. The minimum absolute atomic E-state index is 0. The Kier molecular flexibility index (Phi) is 7.04. The van der Waals surface area contributed by atoms with E-state index >= 15 is 0 Å². The van der Waals surface area contributed by atoms with Crippen LogP contribution in [0.25, 0.3) is 0 Å². The summed E-state index contributed by atoms with van der Waals surface area (Å²) in [6.07, 6.45) is 2.17. The Bertz CT molecular complexity index is 695. The number of hydrogen-bond acceptors (Lipinski definition) is 7. The van der Waals surface area contributed by atoms with Crippen molar-refractivity contribution < 1.29 is 56.4 Å². The summed E-state index contributed by atoms with van der Waals surface area (Å²) in [7, 11) is -5.04. The second-order valence-electron chi connectivity index (χ2n) is 6.39. The summed E-state index contributed by atoms with van der Waals surface area (Å²) in [5.41, 5.74) is 5.96. The molecule has 0 aromatic heterocycles. The molecule has 26 heavy (non-hydrogen) atoms. The number of fused-ring (bicyclic) bond motifs is 2. The van der Waals surface area contributed by atoms with Crippen LogP contribution in [0, 0.1) is 5.92 Å². The number of rotatable bonds is 4. The van der Waals surface area contributed by atoms with Crippen LogP contribution in [0.15, 0.2) is 4.99 Å². The minimum Gasteiger partial charge on any atom is -0.724 e. The number of nitrogens with two attached hydrogens (primary N) is 1. The first-order valence-corrected chi connectivity index (χ1v) is 9.43. The van der Waals surface area contributed by atoms with Crippen LogP contribution in [0.4, 0.5) is 4.79 Å². The maximum absolute atomic E-state index is 12.3. The molecular weight excluding hydrogens is 377 g/mol. The van der Waals surface area contributed by atoms with Gasteiger partial charge in [0.25, 0.3) is 5.91 Å². The molecule has 3 fully saturated rings. The molecule has 0 aliphatic carbocycles. The Hall–Kier alpha value is -0.760. The molecule has 3 saturated heterocycles.